The highest BCUT2D eigenvalue weighted by Crippen LogP contribution is 2.21. The molecule has 0 amide bonds. The normalized spacial score (nSPS) is 22.7. The number of hydrogen-bond donors (Lipinski definition) is 0. The van der Waals surface area contributed by atoms with Crippen molar-refractivity contribution in [2.45, 2.75) is 19.8 Å². The fourth-order valence-corrected chi connectivity index (χ4v) is 5.51. The van der Waals surface area contributed by atoms with Crippen molar-refractivity contribution in [2.75, 3.05) is 38.0 Å². The van der Waals surface area contributed by atoms with Gasteiger partial charge in [-0.1, -0.05) is 6.92 Å². The van der Waals surface area contributed by atoms with Crippen LogP contribution in [-0.4, -0.2) is 65.1 Å². The predicted octanol–water partition coefficient (Wildman–Crippen LogP) is -0.118. The Balaban J connectivity index is 2.65. The van der Waals surface area contributed by atoms with Gasteiger partial charge in [-0.3, -0.25) is 4.79 Å². The van der Waals surface area contributed by atoms with Crippen LogP contribution in [0.2, 0.25) is 0 Å². The molecule has 124 valence electrons. The fourth-order valence-electron chi connectivity index (χ4n) is 2.54. The molecule has 21 heavy (non-hydrogen) atoms. The van der Waals surface area contributed by atoms with Crippen molar-refractivity contribution >= 4 is 25.8 Å². The molecule has 0 spiro atoms. The van der Waals surface area contributed by atoms with Crippen molar-refractivity contribution in [3.8, 4) is 0 Å². The average molecular weight is 341 g/mol. The Hall–Kier alpha value is -0.670. The van der Waals surface area contributed by atoms with Crippen molar-refractivity contribution in [1.29, 1.82) is 0 Å². The SMILES string of the molecule is COC(=O)C(C)CS(=O)(=O)CC1CCCN(S(C)(=O)=O)C1. The molecule has 0 N–H and O–H groups in total. The lowest BCUT2D eigenvalue weighted by molar-refractivity contribution is -0.144. The van der Waals surface area contributed by atoms with E-state index in [1.54, 1.807) is 0 Å². The van der Waals surface area contributed by atoms with Crippen molar-refractivity contribution in [3.05, 3.63) is 0 Å². The molecule has 2 unspecified atom stereocenters. The number of methoxy groups -OCH3 is 1. The Bertz CT molecular complexity index is 569. The number of rotatable bonds is 6. The molecule has 1 saturated heterocycles. The lowest BCUT2D eigenvalue weighted by Crippen LogP contribution is -2.41. The third kappa shape index (κ3) is 5.91. The second kappa shape index (κ2) is 7.06. The quantitative estimate of drug-likeness (QED) is 0.625. The monoisotopic (exact) mass is 341 g/mol. The zero-order valence-corrected chi connectivity index (χ0v) is 14.2. The summed E-state index contributed by atoms with van der Waals surface area (Å²) in [6.07, 6.45) is 2.46. The highest BCUT2D eigenvalue weighted by atomic mass is 32.2. The molecule has 1 aliphatic heterocycles. The standard InChI is InChI=1S/C12H23NO6S2/c1-10(12(14)19-2)8-21(17,18)9-11-5-4-6-13(7-11)20(3,15)16/h10-11H,4-9H2,1-3H3. The van der Waals surface area contributed by atoms with Gasteiger partial charge >= 0.3 is 5.97 Å². The molecule has 0 aliphatic carbocycles. The third-order valence-corrected chi connectivity index (χ3v) is 6.80. The molecule has 9 heteroatoms. The van der Waals surface area contributed by atoms with Gasteiger partial charge in [0.05, 0.1) is 30.8 Å². The fraction of sp³-hybridized carbons (Fsp3) is 0.917. The van der Waals surface area contributed by atoms with E-state index in [0.717, 1.165) is 6.26 Å². The van der Waals surface area contributed by atoms with Gasteiger partial charge in [-0.05, 0) is 18.8 Å². The number of nitrogens with zero attached hydrogens (tertiary/aromatic N) is 1. The van der Waals surface area contributed by atoms with Crippen molar-refractivity contribution < 1.29 is 26.4 Å². The highest BCUT2D eigenvalue weighted by molar-refractivity contribution is 7.91. The number of esters is 1. The van der Waals surface area contributed by atoms with E-state index in [9.17, 15) is 21.6 Å². The highest BCUT2D eigenvalue weighted by Gasteiger charge is 2.30. The number of carbonyl (C=O) groups is 1. The minimum atomic E-state index is -3.43. The van der Waals surface area contributed by atoms with Crippen LogP contribution in [0, 0.1) is 11.8 Å². The molecular weight excluding hydrogens is 318 g/mol. The van der Waals surface area contributed by atoms with E-state index in [-0.39, 0.29) is 24.0 Å². The van der Waals surface area contributed by atoms with Gasteiger partial charge in [0.25, 0.3) is 0 Å². The van der Waals surface area contributed by atoms with Crippen LogP contribution in [0.3, 0.4) is 0 Å². The maximum Gasteiger partial charge on any atom is 0.309 e. The zero-order valence-electron chi connectivity index (χ0n) is 12.6. The summed E-state index contributed by atoms with van der Waals surface area (Å²) in [5, 5.41) is 0. The maximum atomic E-state index is 12.1. The summed E-state index contributed by atoms with van der Waals surface area (Å²) in [5.41, 5.74) is 0. The van der Waals surface area contributed by atoms with Crippen LogP contribution in [0.4, 0.5) is 0 Å². The van der Waals surface area contributed by atoms with Gasteiger partial charge in [-0.25, -0.2) is 21.1 Å². The molecule has 1 aliphatic rings. The molecule has 2 atom stereocenters. The van der Waals surface area contributed by atoms with Crippen LogP contribution in [0.1, 0.15) is 19.8 Å². The van der Waals surface area contributed by atoms with E-state index in [2.05, 4.69) is 4.74 Å². The second-order valence-corrected chi connectivity index (χ2v) is 9.77. The molecule has 0 bridgehead atoms. The summed E-state index contributed by atoms with van der Waals surface area (Å²) in [6.45, 7) is 2.17. The van der Waals surface area contributed by atoms with Gasteiger partial charge in [-0.15, -0.1) is 0 Å². The molecule has 7 nitrogen and oxygen atoms in total. The van der Waals surface area contributed by atoms with Crippen LogP contribution in [0.15, 0.2) is 0 Å². The molecule has 1 fully saturated rings. The molecule has 0 saturated carbocycles. The van der Waals surface area contributed by atoms with E-state index in [1.165, 1.54) is 18.3 Å². The maximum absolute atomic E-state index is 12.1. The first-order valence-corrected chi connectivity index (χ1v) is 10.5. The summed E-state index contributed by atoms with van der Waals surface area (Å²) in [6, 6.07) is 0. The van der Waals surface area contributed by atoms with Crippen molar-refractivity contribution in [3.63, 3.8) is 0 Å². The van der Waals surface area contributed by atoms with Gasteiger partial charge in [0.2, 0.25) is 10.0 Å². The van der Waals surface area contributed by atoms with Crippen LogP contribution in [0.25, 0.3) is 0 Å². The number of ether oxygens (including phenoxy) is 1. The summed E-state index contributed by atoms with van der Waals surface area (Å²) >= 11 is 0. The van der Waals surface area contributed by atoms with Gasteiger partial charge in [0.1, 0.15) is 0 Å². The lowest BCUT2D eigenvalue weighted by atomic mass is 10.0. The van der Waals surface area contributed by atoms with Crippen LogP contribution >= 0.6 is 0 Å². The Morgan fingerprint density at radius 2 is 1.95 bits per heavy atom. The lowest BCUT2D eigenvalue weighted by Gasteiger charge is -2.30. The van der Waals surface area contributed by atoms with E-state index < -0.39 is 31.7 Å². The third-order valence-electron chi connectivity index (χ3n) is 3.55. The summed E-state index contributed by atoms with van der Waals surface area (Å²) in [4.78, 5) is 11.3. The van der Waals surface area contributed by atoms with Crippen LogP contribution in [-0.2, 0) is 29.4 Å². The minimum Gasteiger partial charge on any atom is -0.469 e. The molecule has 0 aromatic rings. The van der Waals surface area contributed by atoms with Gasteiger partial charge < -0.3 is 4.74 Å². The van der Waals surface area contributed by atoms with Gasteiger partial charge in [0, 0.05) is 13.1 Å². The minimum absolute atomic E-state index is 0.0969. The Kier molecular flexibility index (Phi) is 6.18. The average Bonchev–Trinajstić information content (AvgIpc) is 2.35. The first kappa shape index (κ1) is 18.4. The van der Waals surface area contributed by atoms with E-state index in [4.69, 9.17) is 0 Å². The van der Waals surface area contributed by atoms with Gasteiger partial charge in [-0.2, -0.15) is 0 Å². The zero-order chi connectivity index (χ0) is 16.3. The molecule has 1 heterocycles. The number of hydrogen-bond acceptors (Lipinski definition) is 6. The molecule has 0 radical (unpaired) electrons. The Morgan fingerprint density at radius 3 is 2.48 bits per heavy atom. The Labute approximate surface area is 126 Å². The van der Waals surface area contributed by atoms with Gasteiger partial charge in [0.15, 0.2) is 9.84 Å². The van der Waals surface area contributed by atoms with Crippen molar-refractivity contribution in [2.24, 2.45) is 11.8 Å². The topological polar surface area (TPSA) is 97.8 Å². The smallest absolute Gasteiger partial charge is 0.309 e. The number of sulfone groups is 1. The summed E-state index contributed by atoms with van der Waals surface area (Å²) in [5.74, 6) is -1.85. The second-order valence-electron chi connectivity index (χ2n) is 5.63. The number of carbonyl (C=O) groups excluding carboxylic acids is 1. The van der Waals surface area contributed by atoms with E-state index in [0.29, 0.717) is 19.4 Å². The van der Waals surface area contributed by atoms with E-state index in [1.807, 2.05) is 0 Å². The van der Waals surface area contributed by atoms with Crippen molar-refractivity contribution in [1.82, 2.24) is 4.31 Å². The predicted molar refractivity (Wildman–Crippen MR) is 79.0 cm³/mol. The van der Waals surface area contributed by atoms with Crippen LogP contribution in [0.5, 0.6) is 0 Å². The number of piperidine rings is 1. The molecule has 0 aromatic heterocycles. The molecular formula is C12H23NO6S2. The summed E-state index contributed by atoms with van der Waals surface area (Å²) < 4.78 is 53.1. The number of sulfonamides is 1. The Morgan fingerprint density at radius 1 is 1.33 bits per heavy atom. The summed E-state index contributed by atoms with van der Waals surface area (Å²) in [7, 11) is -5.50. The van der Waals surface area contributed by atoms with E-state index >= 15 is 0 Å². The molecule has 0 aromatic carbocycles. The van der Waals surface area contributed by atoms with Crippen LogP contribution < -0.4 is 0 Å². The molecule has 1 rings (SSSR count). The largest absolute Gasteiger partial charge is 0.469 e. The first-order chi connectivity index (χ1) is 9.55. The first-order valence-electron chi connectivity index (χ1n) is 6.78.